The number of aromatic nitrogens is 2. The Morgan fingerprint density at radius 2 is 2.27 bits per heavy atom. The molecule has 0 bridgehead atoms. The third kappa shape index (κ3) is 1.69. The number of rotatable bonds is 3. The second-order valence-electron chi connectivity index (χ2n) is 4.43. The van der Waals surface area contributed by atoms with Gasteiger partial charge in [0, 0.05) is 25.2 Å². The Balaban J connectivity index is 1.71. The van der Waals surface area contributed by atoms with E-state index in [9.17, 15) is 0 Å². The maximum atomic E-state index is 4.32. The summed E-state index contributed by atoms with van der Waals surface area (Å²) >= 11 is 0. The van der Waals surface area contributed by atoms with Crippen LogP contribution in [-0.2, 0) is 13.1 Å². The van der Waals surface area contributed by atoms with Gasteiger partial charge in [-0.05, 0) is 18.8 Å². The van der Waals surface area contributed by atoms with E-state index in [1.807, 2.05) is 0 Å². The smallest absolute Gasteiger partial charge is 0.134 e. The van der Waals surface area contributed by atoms with Crippen molar-refractivity contribution in [3.05, 3.63) is 17.6 Å². The van der Waals surface area contributed by atoms with Gasteiger partial charge in [0.25, 0.3) is 0 Å². The zero-order valence-electron chi connectivity index (χ0n) is 8.79. The largest absolute Gasteiger partial charge is 0.369 e. The molecule has 0 spiro atoms. The monoisotopic (exact) mass is 204 g/mol. The zero-order valence-corrected chi connectivity index (χ0v) is 8.79. The molecule has 3 rings (SSSR count). The van der Waals surface area contributed by atoms with Gasteiger partial charge in [0.15, 0.2) is 0 Å². The molecular weight excluding hydrogens is 188 g/mol. The van der Waals surface area contributed by atoms with Gasteiger partial charge in [-0.15, -0.1) is 0 Å². The van der Waals surface area contributed by atoms with Crippen LogP contribution in [0.5, 0.6) is 0 Å². The van der Waals surface area contributed by atoms with E-state index in [-0.39, 0.29) is 0 Å². The quantitative estimate of drug-likeness (QED) is 0.779. The van der Waals surface area contributed by atoms with E-state index in [0.717, 1.165) is 37.1 Å². The predicted molar refractivity (Wildman–Crippen MR) is 58.4 cm³/mol. The highest BCUT2D eigenvalue weighted by molar-refractivity contribution is 5.47. The Morgan fingerprint density at radius 1 is 1.33 bits per heavy atom. The molecule has 0 aromatic carbocycles. The molecule has 2 N–H and O–H groups in total. The lowest BCUT2D eigenvalue weighted by atomic mass is 9.85. The standard InChI is InChI=1S/C11H16N4/c1-2-8(3-1)4-13-11-9-5-12-6-10(9)14-7-15-11/h7-8,12H,1-6H2,(H,13,14,15). The van der Waals surface area contributed by atoms with Crippen LogP contribution < -0.4 is 10.6 Å². The molecule has 0 unspecified atom stereocenters. The van der Waals surface area contributed by atoms with Crippen molar-refractivity contribution in [2.45, 2.75) is 32.4 Å². The summed E-state index contributed by atoms with van der Waals surface area (Å²) in [6.07, 6.45) is 5.81. The molecule has 0 atom stereocenters. The highest BCUT2D eigenvalue weighted by Crippen LogP contribution is 2.27. The SMILES string of the molecule is c1nc2c(c(NCC3CCC3)n1)CNC2. The Kier molecular flexibility index (Phi) is 2.29. The second-order valence-corrected chi connectivity index (χ2v) is 4.43. The molecule has 4 nitrogen and oxygen atoms in total. The summed E-state index contributed by atoms with van der Waals surface area (Å²) in [4.78, 5) is 8.59. The topological polar surface area (TPSA) is 49.8 Å². The molecule has 2 aliphatic rings. The van der Waals surface area contributed by atoms with Gasteiger partial charge in [-0.1, -0.05) is 6.42 Å². The molecule has 4 heteroatoms. The number of hydrogen-bond donors (Lipinski definition) is 2. The van der Waals surface area contributed by atoms with Gasteiger partial charge in [0.1, 0.15) is 12.1 Å². The lowest BCUT2D eigenvalue weighted by Gasteiger charge is -2.25. The van der Waals surface area contributed by atoms with Crippen molar-refractivity contribution in [3.8, 4) is 0 Å². The lowest BCUT2D eigenvalue weighted by molar-refractivity contribution is 0.333. The van der Waals surface area contributed by atoms with Gasteiger partial charge in [-0.3, -0.25) is 0 Å². The van der Waals surface area contributed by atoms with E-state index in [0.29, 0.717) is 0 Å². The predicted octanol–water partition coefficient (Wildman–Crippen LogP) is 1.29. The van der Waals surface area contributed by atoms with Crippen LogP contribution in [0.4, 0.5) is 5.82 Å². The average Bonchev–Trinajstić information content (AvgIpc) is 2.63. The molecule has 15 heavy (non-hydrogen) atoms. The van der Waals surface area contributed by atoms with Gasteiger partial charge < -0.3 is 10.6 Å². The molecule has 80 valence electrons. The van der Waals surface area contributed by atoms with E-state index < -0.39 is 0 Å². The molecular formula is C11H16N4. The molecule has 2 heterocycles. The summed E-state index contributed by atoms with van der Waals surface area (Å²) in [5.41, 5.74) is 2.41. The summed E-state index contributed by atoms with van der Waals surface area (Å²) in [7, 11) is 0. The van der Waals surface area contributed by atoms with Crippen LogP contribution in [0.25, 0.3) is 0 Å². The minimum absolute atomic E-state index is 0.866. The summed E-state index contributed by atoms with van der Waals surface area (Å²) in [5.74, 6) is 1.90. The molecule has 1 aliphatic heterocycles. The molecule has 0 amide bonds. The number of nitrogens with one attached hydrogen (secondary N) is 2. The Labute approximate surface area is 89.5 Å². The summed E-state index contributed by atoms with van der Waals surface area (Å²) in [5, 5.41) is 6.76. The first-order valence-electron chi connectivity index (χ1n) is 5.71. The molecule has 1 aromatic rings. The van der Waals surface area contributed by atoms with Crippen LogP contribution in [0, 0.1) is 5.92 Å². The first kappa shape index (κ1) is 9.09. The first-order chi connectivity index (χ1) is 7.43. The van der Waals surface area contributed by atoms with Crippen molar-refractivity contribution >= 4 is 5.82 Å². The van der Waals surface area contributed by atoms with Gasteiger partial charge in [-0.25, -0.2) is 9.97 Å². The average molecular weight is 204 g/mol. The van der Waals surface area contributed by atoms with Crippen LogP contribution in [0.3, 0.4) is 0 Å². The van der Waals surface area contributed by atoms with Crippen molar-refractivity contribution < 1.29 is 0 Å². The fourth-order valence-corrected chi connectivity index (χ4v) is 2.18. The highest BCUT2D eigenvalue weighted by atomic mass is 15.1. The Hall–Kier alpha value is -1.16. The van der Waals surface area contributed by atoms with Crippen molar-refractivity contribution in [3.63, 3.8) is 0 Å². The van der Waals surface area contributed by atoms with Gasteiger partial charge in [0.05, 0.1) is 5.69 Å². The molecule has 1 aliphatic carbocycles. The molecule has 0 radical (unpaired) electrons. The number of nitrogens with zero attached hydrogens (tertiary/aromatic N) is 2. The third-order valence-electron chi connectivity index (χ3n) is 3.41. The Bertz CT molecular complexity index is 360. The number of fused-ring (bicyclic) bond motifs is 1. The summed E-state index contributed by atoms with van der Waals surface area (Å²) in [6.45, 7) is 2.86. The number of hydrogen-bond acceptors (Lipinski definition) is 4. The summed E-state index contributed by atoms with van der Waals surface area (Å²) < 4.78 is 0. The van der Waals surface area contributed by atoms with Crippen LogP contribution in [0.1, 0.15) is 30.5 Å². The van der Waals surface area contributed by atoms with E-state index in [1.54, 1.807) is 6.33 Å². The van der Waals surface area contributed by atoms with Crippen LogP contribution in [0.2, 0.25) is 0 Å². The maximum absolute atomic E-state index is 4.32. The van der Waals surface area contributed by atoms with E-state index in [1.165, 1.54) is 24.8 Å². The van der Waals surface area contributed by atoms with Crippen molar-refractivity contribution in [2.24, 2.45) is 5.92 Å². The summed E-state index contributed by atoms with van der Waals surface area (Å²) in [6, 6.07) is 0. The van der Waals surface area contributed by atoms with Crippen molar-refractivity contribution in [2.75, 3.05) is 11.9 Å². The van der Waals surface area contributed by atoms with Crippen molar-refractivity contribution in [1.82, 2.24) is 15.3 Å². The van der Waals surface area contributed by atoms with Crippen LogP contribution >= 0.6 is 0 Å². The lowest BCUT2D eigenvalue weighted by Crippen LogP contribution is -2.22. The molecule has 1 saturated carbocycles. The molecule has 1 fully saturated rings. The fraction of sp³-hybridized carbons (Fsp3) is 0.636. The fourth-order valence-electron chi connectivity index (χ4n) is 2.18. The minimum Gasteiger partial charge on any atom is -0.369 e. The highest BCUT2D eigenvalue weighted by Gasteiger charge is 2.20. The van der Waals surface area contributed by atoms with Crippen LogP contribution in [0.15, 0.2) is 6.33 Å². The van der Waals surface area contributed by atoms with E-state index in [4.69, 9.17) is 0 Å². The number of anilines is 1. The Morgan fingerprint density at radius 3 is 3.07 bits per heavy atom. The minimum atomic E-state index is 0.866. The van der Waals surface area contributed by atoms with E-state index in [2.05, 4.69) is 20.6 Å². The van der Waals surface area contributed by atoms with E-state index >= 15 is 0 Å². The van der Waals surface area contributed by atoms with Gasteiger partial charge in [0.2, 0.25) is 0 Å². The first-order valence-corrected chi connectivity index (χ1v) is 5.71. The normalized spacial score (nSPS) is 19.7. The molecule has 0 saturated heterocycles. The second kappa shape index (κ2) is 3.77. The third-order valence-corrected chi connectivity index (χ3v) is 3.41. The van der Waals surface area contributed by atoms with Crippen molar-refractivity contribution in [1.29, 1.82) is 0 Å². The maximum Gasteiger partial charge on any atom is 0.134 e. The van der Waals surface area contributed by atoms with Crippen LogP contribution in [-0.4, -0.2) is 16.5 Å². The molecule has 1 aromatic heterocycles. The zero-order chi connectivity index (χ0) is 10.1. The van der Waals surface area contributed by atoms with Gasteiger partial charge >= 0.3 is 0 Å². The van der Waals surface area contributed by atoms with Gasteiger partial charge in [-0.2, -0.15) is 0 Å².